The van der Waals surface area contributed by atoms with E-state index in [1.807, 2.05) is 0 Å². The number of nitrogens with two attached hydrogens (primary N) is 1. The first-order valence-corrected chi connectivity index (χ1v) is 5.95. The highest BCUT2D eigenvalue weighted by atomic mass is 79.9. The molecule has 16 heavy (non-hydrogen) atoms. The quantitative estimate of drug-likeness (QED) is 0.261. The molecule has 0 unspecified atom stereocenters. The number of anilines is 1. The summed E-state index contributed by atoms with van der Waals surface area (Å²) in [7, 11) is 0. The molecule has 0 fully saturated rings. The molecule has 1 aromatic rings. The average Bonchev–Trinajstić information content (AvgIpc) is 2.29. The molecule has 7 heteroatoms. The van der Waals surface area contributed by atoms with Crippen molar-refractivity contribution in [1.82, 2.24) is 0 Å². The van der Waals surface area contributed by atoms with Gasteiger partial charge in [0.15, 0.2) is 0 Å². The van der Waals surface area contributed by atoms with Gasteiger partial charge < -0.3 is 16.3 Å². The third-order valence-corrected chi connectivity index (χ3v) is 3.63. The molecule has 0 aliphatic heterocycles. The zero-order chi connectivity index (χ0) is 12.1. The fraction of sp³-hybridized carbons (Fsp3) is 0.222. The second kappa shape index (κ2) is 6.18. The lowest BCUT2D eigenvalue weighted by atomic mass is 10.3. The summed E-state index contributed by atoms with van der Waals surface area (Å²) in [6, 6.07) is 3.59. The zero-order valence-electron chi connectivity index (χ0n) is 8.17. The molecular formula is C9H10BrCl2N3O. The average molecular weight is 327 g/mol. The molecule has 88 valence electrons. The Balaban J connectivity index is 2.65. The summed E-state index contributed by atoms with van der Waals surface area (Å²) in [6.07, 6.45) is 0.417. The summed E-state index contributed by atoms with van der Waals surface area (Å²) in [5, 5.41) is 15.1. The molecule has 0 amide bonds. The van der Waals surface area contributed by atoms with Crippen LogP contribution in [0.3, 0.4) is 0 Å². The Hall–Kier alpha value is -0.650. The van der Waals surface area contributed by atoms with E-state index in [1.165, 1.54) is 0 Å². The van der Waals surface area contributed by atoms with Crippen LogP contribution >= 0.6 is 39.1 Å². The Morgan fingerprint density at radius 1 is 1.44 bits per heavy atom. The Kier molecular flexibility index (Phi) is 5.18. The van der Waals surface area contributed by atoms with Crippen molar-refractivity contribution in [2.24, 2.45) is 10.9 Å². The molecule has 0 spiro atoms. The highest BCUT2D eigenvalue weighted by Crippen LogP contribution is 2.35. The molecule has 0 radical (unpaired) electrons. The molecule has 0 aromatic heterocycles. The number of benzene rings is 1. The van der Waals surface area contributed by atoms with Gasteiger partial charge in [0.1, 0.15) is 5.84 Å². The number of halogens is 3. The SMILES string of the molecule is N/C(CCNc1ccc(Br)c(Cl)c1Cl)=N/O. The molecule has 0 atom stereocenters. The van der Waals surface area contributed by atoms with E-state index in [9.17, 15) is 0 Å². The van der Waals surface area contributed by atoms with E-state index in [2.05, 4.69) is 26.4 Å². The molecule has 0 heterocycles. The Bertz CT molecular complexity index is 412. The predicted octanol–water partition coefficient (Wildman–Crippen LogP) is 3.30. The largest absolute Gasteiger partial charge is 0.409 e. The van der Waals surface area contributed by atoms with Crippen molar-refractivity contribution in [2.45, 2.75) is 6.42 Å². The molecule has 0 bridgehead atoms. The summed E-state index contributed by atoms with van der Waals surface area (Å²) in [5.74, 6) is 0.159. The van der Waals surface area contributed by atoms with Crippen LogP contribution < -0.4 is 11.1 Å². The molecule has 4 nitrogen and oxygen atoms in total. The summed E-state index contributed by atoms with van der Waals surface area (Å²) in [5.41, 5.74) is 6.03. The van der Waals surface area contributed by atoms with Crippen molar-refractivity contribution in [1.29, 1.82) is 0 Å². The minimum atomic E-state index is 0.159. The molecule has 0 aliphatic carbocycles. The second-order valence-corrected chi connectivity index (χ2v) is 4.60. The van der Waals surface area contributed by atoms with Crippen molar-refractivity contribution in [3.05, 3.63) is 26.7 Å². The van der Waals surface area contributed by atoms with E-state index < -0.39 is 0 Å². The van der Waals surface area contributed by atoms with Crippen LogP contribution in [0.5, 0.6) is 0 Å². The number of hydrogen-bond acceptors (Lipinski definition) is 3. The first-order chi connectivity index (χ1) is 7.56. The number of amidine groups is 1. The topological polar surface area (TPSA) is 70.6 Å². The van der Waals surface area contributed by atoms with Gasteiger partial charge in [-0.25, -0.2) is 0 Å². The molecule has 1 rings (SSSR count). The fourth-order valence-corrected chi connectivity index (χ4v) is 1.88. The second-order valence-electron chi connectivity index (χ2n) is 2.99. The van der Waals surface area contributed by atoms with Crippen molar-refractivity contribution >= 4 is 50.7 Å². The molecule has 1 aromatic carbocycles. The first-order valence-electron chi connectivity index (χ1n) is 4.40. The number of rotatable bonds is 4. The summed E-state index contributed by atoms with van der Waals surface area (Å²) in [4.78, 5) is 0. The molecule has 0 saturated carbocycles. The first kappa shape index (κ1) is 13.4. The van der Waals surface area contributed by atoms with Crippen LogP contribution in [0, 0.1) is 0 Å². The van der Waals surface area contributed by atoms with Crippen molar-refractivity contribution < 1.29 is 5.21 Å². The highest BCUT2D eigenvalue weighted by molar-refractivity contribution is 9.10. The number of nitrogens with one attached hydrogen (secondary N) is 1. The minimum absolute atomic E-state index is 0.159. The van der Waals surface area contributed by atoms with Gasteiger partial charge in [0.2, 0.25) is 0 Å². The van der Waals surface area contributed by atoms with E-state index >= 15 is 0 Å². The number of hydrogen-bond donors (Lipinski definition) is 3. The van der Waals surface area contributed by atoms with E-state index in [1.54, 1.807) is 12.1 Å². The van der Waals surface area contributed by atoms with Crippen LogP contribution in [0.15, 0.2) is 21.8 Å². The summed E-state index contributed by atoms with van der Waals surface area (Å²) < 4.78 is 0.737. The Morgan fingerprint density at radius 3 is 2.75 bits per heavy atom. The van der Waals surface area contributed by atoms with Gasteiger partial charge in [-0.1, -0.05) is 28.4 Å². The maximum absolute atomic E-state index is 8.35. The van der Waals surface area contributed by atoms with Crippen LogP contribution in [0.4, 0.5) is 5.69 Å². The Labute approximate surface area is 112 Å². The van der Waals surface area contributed by atoms with Gasteiger partial charge in [-0.2, -0.15) is 0 Å². The Morgan fingerprint density at radius 2 is 2.12 bits per heavy atom. The smallest absolute Gasteiger partial charge is 0.140 e. The van der Waals surface area contributed by atoms with Crippen LogP contribution in [0.1, 0.15) is 6.42 Å². The maximum Gasteiger partial charge on any atom is 0.140 e. The van der Waals surface area contributed by atoms with Gasteiger partial charge in [0.25, 0.3) is 0 Å². The van der Waals surface area contributed by atoms with Crippen LogP contribution in [-0.4, -0.2) is 17.6 Å². The van der Waals surface area contributed by atoms with Gasteiger partial charge in [-0.05, 0) is 28.1 Å². The van der Waals surface area contributed by atoms with E-state index in [0.717, 1.165) is 4.47 Å². The summed E-state index contributed by atoms with van der Waals surface area (Å²) in [6.45, 7) is 0.508. The minimum Gasteiger partial charge on any atom is -0.409 e. The van der Waals surface area contributed by atoms with Crippen LogP contribution in [0.25, 0.3) is 0 Å². The summed E-state index contributed by atoms with van der Waals surface area (Å²) >= 11 is 15.2. The van der Waals surface area contributed by atoms with Gasteiger partial charge in [0, 0.05) is 17.4 Å². The molecule has 0 aliphatic rings. The number of nitrogens with zero attached hydrogens (tertiary/aromatic N) is 1. The van der Waals surface area contributed by atoms with Gasteiger partial charge in [-0.15, -0.1) is 0 Å². The van der Waals surface area contributed by atoms with Crippen molar-refractivity contribution in [3.63, 3.8) is 0 Å². The third-order valence-electron chi connectivity index (χ3n) is 1.86. The lowest BCUT2D eigenvalue weighted by molar-refractivity contribution is 0.317. The van der Waals surface area contributed by atoms with Gasteiger partial charge >= 0.3 is 0 Å². The third kappa shape index (κ3) is 3.43. The standard InChI is InChI=1S/C9H10BrCl2N3O/c10-5-1-2-6(9(12)8(5)11)14-4-3-7(13)15-16/h1-2,14,16H,3-4H2,(H2,13,15). The van der Waals surface area contributed by atoms with E-state index in [-0.39, 0.29) is 5.84 Å². The lowest BCUT2D eigenvalue weighted by Gasteiger charge is -2.09. The highest BCUT2D eigenvalue weighted by Gasteiger charge is 2.07. The van der Waals surface area contributed by atoms with Gasteiger partial charge in [0.05, 0.1) is 15.7 Å². The van der Waals surface area contributed by atoms with Crippen molar-refractivity contribution in [2.75, 3.05) is 11.9 Å². The van der Waals surface area contributed by atoms with E-state index in [0.29, 0.717) is 28.7 Å². The zero-order valence-corrected chi connectivity index (χ0v) is 11.3. The molecule has 4 N–H and O–H groups in total. The number of oxime groups is 1. The van der Waals surface area contributed by atoms with E-state index in [4.69, 9.17) is 34.1 Å². The lowest BCUT2D eigenvalue weighted by Crippen LogP contribution is -2.16. The van der Waals surface area contributed by atoms with Gasteiger partial charge in [-0.3, -0.25) is 0 Å². The van der Waals surface area contributed by atoms with Crippen LogP contribution in [-0.2, 0) is 0 Å². The predicted molar refractivity (Wildman–Crippen MR) is 70.7 cm³/mol. The van der Waals surface area contributed by atoms with Crippen LogP contribution in [0.2, 0.25) is 10.0 Å². The monoisotopic (exact) mass is 325 g/mol. The molecule has 0 saturated heterocycles. The fourth-order valence-electron chi connectivity index (χ4n) is 1.04. The maximum atomic E-state index is 8.35. The molecular weight excluding hydrogens is 317 g/mol. The van der Waals surface area contributed by atoms with Crippen molar-refractivity contribution in [3.8, 4) is 0 Å². The normalized spacial score (nSPS) is 11.6.